The van der Waals surface area contributed by atoms with E-state index in [1.165, 1.54) is 11.1 Å². The van der Waals surface area contributed by atoms with Crippen LogP contribution < -0.4 is 4.90 Å². The molecule has 138 valence electrons. The summed E-state index contributed by atoms with van der Waals surface area (Å²) in [6, 6.07) is 16.3. The maximum atomic E-state index is 12.9. The molecule has 4 rings (SSSR count). The van der Waals surface area contributed by atoms with Crippen LogP contribution >= 0.6 is 0 Å². The Labute approximate surface area is 159 Å². The number of amides is 1. The van der Waals surface area contributed by atoms with E-state index in [1.54, 1.807) is 6.20 Å². The highest BCUT2D eigenvalue weighted by molar-refractivity contribution is 5.95. The molecule has 1 aliphatic rings. The zero-order valence-electron chi connectivity index (χ0n) is 15.6. The zero-order valence-corrected chi connectivity index (χ0v) is 15.6. The van der Waals surface area contributed by atoms with Crippen LogP contribution in [0.2, 0.25) is 0 Å². The highest BCUT2D eigenvalue weighted by Gasteiger charge is 2.24. The molecule has 2 aromatic carbocycles. The van der Waals surface area contributed by atoms with E-state index >= 15 is 0 Å². The zero-order chi connectivity index (χ0) is 18.6. The van der Waals surface area contributed by atoms with Crippen LogP contribution in [0.15, 0.2) is 59.1 Å². The fourth-order valence-corrected chi connectivity index (χ4v) is 3.78. The maximum absolute atomic E-state index is 12.9. The molecule has 1 aliphatic heterocycles. The topological polar surface area (TPSA) is 46.3 Å². The first-order valence-corrected chi connectivity index (χ1v) is 9.67. The molecule has 0 aliphatic carbocycles. The summed E-state index contributed by atoms with van der Waals surface area (Å²) in [6.45, 7) is 2.94. The molecular weight excluding hydrogens is 336 g/mol. The van der Waals surface area contributed by atoms with Crippen molar-refractivity contribution in [3.8, 4) is 11.3 Å². The first-order chi connectivity index (χ1) is 13.3. The van der Waals surface area contributed by atoms with Crippen LogP contribution in [0.25, 0.3) is 11.3 Å². The van der Waals surface area contributed by atoms with Crippen LogP contribution in [-0.2, 0) is 24.1 Å². The molecule has 0 bridgehead atoms. The first-order valence-electron chi connectivity index (χ1n) is 9.67. The fraction of sp³-hybridized carbons (Fsp3) is 0.304. The van der Waals surface area contributed by atoms with E-state index in [0.29, 0.717) is 18.7 Å². The Balaban J connectivity index is 1.46. The van der Waals surface area contributed by atoms with Crippen molar-refractivity contribution in [2.45, 2.75) is 39.0 Å². The number of carbonyl (C=O) groups is 1. The molecule has 0 atom stereocenters. The number of benzene rings is 2. The van der Waals surface area contributed by atoms with E-state index in [9.17, 15) is 4.79 Å². The van der Waals surface area contributed by atoms with Gasteiger partial charge in [-0.3, -0.25) is 4.79 Å². The lowest BCUT2D eigenvalue weighted by atomic mass is 9.96. The van der Waals surface area contributed by atoms with Gasteiger partial charge in [0.1, 0.15) is 0 Å². The summed E-state index contributed by atoms with van der Waals surface area (Å²) in [6.07, 6.45) is 5.67. The monoisotopic (exact) mass is 360 g/mol. The van der Waals surface area contributed by atoms with Crippen molar-refractivity contribution in [2.75, 3.05) is 11.4 Å². The number of hydrogen-bond donors (Lipinski definition) is 0. The summed E-state index contributed by atoms with van der Waals surface area (Å²) in [5, 5.41) is 0. The van der Waals surface area contributed by atoms with E-state index < -0.39 is 0 Å². The van der Waals surface area contributed by atoms with Crippen molar-refractivity contribution in [2.24, 2.45) is 0 Å². The highest BCUT2D eigenvalue weighted by Crippen LogP contribution is 2.32. The number of rotatable bonds is 5. The maximum Gasteiger partial charge on any atom is 0.227 e. The van der Waals surface area contributed by atoms with Gasteiger partial charge in [0.05, 0.1) is 6.20 Å². The minimum absolute atomic E-state index is 0.149. The third-order valence-corrected chi connectivity index (χ3v) is 5.15. The second-order valence-corrected chi connectivity index (χ2v) is 6.91. The van der Waals surface area contributed by atoms with Crippen LogP contribution in [0, 0.1) is 0 Å². The molecular formula is C23H24N2O2. The predicted molar refractivity (Wildman–Crippen MR) is 107 cm³/mol. The summed E-state index contributed by atoms with van der Waals surface area (Å²) in [7, 11) is 0. The molecule has 0 saturated carbocycles. The Morgan fingerprint density at radius 3 is 2.81 bits per heavy atom. The molecule has 27 heavy (non-hydrogen) atoms. The molecule has 0 unspecified atom stereocenters. The molecule has 3 aromatic rings. The number of aromatic nitrogens is 1. The van der Waals surface area contributed by atoms with Crippen LogP contribution in [0.1, 0.15) is 36.8 Å². The second-order valence-electron chi connectivity index (χ2n) is 6.91. The molecule has 0 spiro atoms. The minimum atomic E-state index is 0.149. The van der Waals surface area contributed by atoms with Crippen molar-refractivity contribution >= 4 is 11.6 Å². The Kier molecular flexibility index (Phi) is 5.05. The molecule has 2 heterocycles. The van der Waals surface area contributed by atoms with E-state index in [1.807, 2.05) is 35.2 Å². The fourth-order valence-electron chi connectivity index (χ4n) is 3.78. The summed E-state index contributed by atoms with van der Waals surface area (Å²) in [4.78, 5) is 19.3. The minimum Gasteiger partial charge on any atom is -0.441 e. The van der Waals surface area contributed by atoms with Crippen LogP contribution in [0.5, 0.6) is 0 Å². The van der Waals surface area contributed by atoms with Gasteiger partial charge in [0, 0.05) is 30.6 Å². The van der Waals surface area contributed by atoms with Crippen LogP contribution in [0.4, 0.5) is 5.69 Å². The standard InChI is InChI=1S/C23H24N2O2/c1-2-17-10-6-11-19-12-7-15-25(23(17)19)22(26)14-13-21-24-16-20(27-21)18-8-4-3-5-9-18/h3-6,8-11,16H,2,7,12-15H2,1H3. The molecule has 0 fully saturated rings. The number of oxazole rings is 1. The highest BCUT2D eigenvalue weighted by atomic mass is 16.4. The summed E-state index contributed by atoms with van der Waals surface area (Å²) in [5.41, 5.74) is 4.67. The van der Waals surface area contributed by atoms with Gasteiger partial charge in [0.2, 0.25) is 5.91 Å². The average molecular weight is 360 g/mol. The van der Waals surface area contributed by atoms with Gasteiger partial charge in [-0.1, -0.05) is 55.5 Å². The molecule has 0 N–H and O–H groups in total. The van der Waals surface area contributed by atoms with Gasteiger partial charge in [-0.15, -0.1) is 0 Å². The predicted octanol–water partition coefficient (Wildman–Crippen LogP) is 4.82. The van der Waals surface area contributed by atoms with E-state index in [4.69, 9.17) is 4.42 Å². The summed E-state index contributed by atoms with van der Waals surface area (Å²) < 4.78 is 5.84. The van der Waals surface area contributed by atoms with Gasteiger partial charge in [-0.25, -0.2) is 4.98 Å². The normalized spacial score (nSPS) is 13.4. The van der Waals surface area contributed by atoms with Gasteiger partial charge in [-0.2, -0.15) is 0 Å². The lowest BCUT2D eigenvalue weighted by Gasteiger charge is -2.31. The van der Waals surface area contributed by atoms with Crippen LogP contribution in [-0.4, -0.2) is 17.4 Å². The molecule has 4 heteroatoms. The van der Waals surface area contributed by atoms with Crippen molar-refractivity contribution in [3.63, 3.8) is 0 Å². The number of anilines is 1. The lowest BCUT2D eigenvalue weighted by Crippen LogP contribution is -2.36. The van der Waals surface area contributed by atoms with Crippen LogP contribution in [0.3, 0.4) is 0 Å². The number of carbonyl (C=O) groups excluding carboxylic acids is 1. The lowest BCUT2D eigenvalue weighted by molar-refractivity contribution is -0.118. The Morgan fingerprint density at radius 2 is 2.00 bits per heavy atom. The van der Waals surface area contributed by atoms with Gasteiger partial charge in [-0.05, 0) is 30.4 Å². The number of fused-ring (bicyclic) bond motifs is 1. The van der Waals surface area contributed by atoms with Crippen molar-refractivity contribution in [1.82, 2.24) is 4.98 Å². The second kappa shape index (κ2) is 7.78. The van der Waals surface area contributed by atoms with E-state index in [-0.39, 0.29) is 5.91 Å². The van der Waals surface area contributed by atoms with Crippen molar-refractivity contribution in [1.29, 1.82) is 0 Å². The van der Waals surface area contributed by atoms with Gasteiger partial charge in [0.15, 0.2) is 11.7 Å². The third-order valence-electron chi connectivity index (χ3n) is 5.15. The molecule has 1 amide bonds. The van der Waals surface area contributed by atoms with Crippen molar-refractivity contribution < 1.29 is 9.21 Å². The summed E-state index contributed by atoms with van der Waals surface area (Å²) in [5.74, 6) is 1.51. The van der Waals surface area contributed by atoms with E-state index in [0.717, 1.165) is 42.8 Å². The molecule has 1 aromatic heterocycles. The largest absolute Gasteiger partial charge is 0.441 e. The Bertz CT molecular complexity index is 916. The number of aryl methyl sites for hydroxylation is 3. The van der Waals surface area contributed by atoms with E-state index in [2.05, 4.69) is 30.1 Å². The van der Waals surface area contributed by atoms with Gasteiger partial charge >= 0.3 is 0 Å². The molecule has 0 radical (unpaired) electrons. The number of nitrogens with zero attached hydrogens (tertiary/aromatic N) is 2. The molecule has 4 nitrogen and oxygen atoms in total. The van der Waals surface area contributed by atoms with Gasteiger partial charge < -0.3 is 9.32 Å². The number of para-hydroxylation sites is 1. The van der Waals surface area contributed by atoms with Gasteiger partial charge in [0.25, 0.3) is 0 Å². The summed E-state index contributed by atoms with van der Waals surface area (Å²) >= 11 is 0. The Hall–Kier alpha value is -2.88. The quantitative estimate of drug-likeness (QED) is 0.655. The molecule has 0 saturated heterocycles. The number of hydrogen-bond acceptors (Lipinski definition) is 3. The smallest absolute Gasteiger partial charge is 0.227 e. The first kappa shape index (κ1) is 17.5. The Morgan fingerprint density at radius 1 is 1.15 bits per heavy atom. The van der Waals surface area contributed by atoms with Crippen molar-refractivity contribution in [3.05, 3.63) is 71.7 Å². The SMILES string of the molecule is CCc1cccc2c1N(C(=O)CCc1ncc(-c3ccccc3)o1)CCC2. The third kappa shape index (κ3) is 3.65. The average Bonchev–Trinajstić information content (AvgIpc) is 3.21.